The molecule has 0 spiro atoms. The van der Waals surface area contributed by atoms with Crippen LogP contribution in [0.3, 0.4) is 0 Å². The summed E-state index contributed by atoms with van der Waals surface area (Å²) in [5, 5.41) is 19.6. The number of ether oxygens (including phenoxy) is 2. The van der Waals surface area contributed by atoms with Gasteiger partial charge in [-0.25, -0.2) is 0 Å². The highest BCUT2D eigenvalue weighted by atomic mass is 16.5. The molecule has 1 aliphatic rings. The third-order valence-corrected chi connectivity index (χ3v) is 6.41. The minimum atomic E-state index is -0.224. The number of hydrogen-bond acceptors (Lipinski definition) is 7. The van der Waals surface area contributed by atoms with E-state index >= 15 is 0 Å². The van der Waals surface area contributed by atoms with Crippen LogP contribution in [0.15, 0.2) is 39.5 Å². The highest BCUT2D eigenvalue weighted by Crippen LogP contribution is 2.45. The summed E-state index contributed by atoms with van der Waals surface area (Å²) in [5.41, 5.74) is 3.05. The van der Waals surface area contributed by atoms with Gasteiger partial charge in [-0.1, -0.05) is 0 Å². The maximum Gasteiger partial charge on any atom is 0.197 e. The van der Waals surface area contributed by atoms with Crippen LogP contribution in [0.4, 0.5) is 0 Å². The first-order chi connectivity index (χ1) is 15.4. The monoisotopic (exact) mass is 434 g/mol. The first-order valence-corrected chi connectivity index (χ1v) is 10.5. The molecule has 0 aliphatic carbocycles. The second kappa shape index (κ2) is 8.65. The Morgan fingerprint density at radius 3 is 2.59 bits per heavy atom. The van der Waals surface area contributed by atoms with E-state index in [0.29, 0.717) is 33.8 Å². The SMILES string of the molecule is COc1cc(OC)c2c(=O)cc(-c3ccc(C#N)cc3C)oc2c1C1CCN(C)C1CO. The molecular weight excluding hydrogens is 408 g/mol. The Bertz CT molecular complexity index is 1270. The lowest BCUT2D eigenvalue weighted by Crippen LogP contribution is -2.32. The molecule has 1 N–H and O–H groups in total. The van der Waals surface area contributed by atoms with E-state index in [1.54, 1.807) is 31.4 Å². The zero-order valence-corrected chi connectivity index (χ0v) is 18.6. The van der Waals surface area contributed by atoms with Crippen LogP contribution < -0.4 is 14.9 Å². The zero-order chi connectivity index (χ0) is 23.0. The summed E-state index contributed by atoms with van der Waals surface area (Å²) in [7, 11) is 5.05. The van der Waals surface area contributed by atoms with Gasteiger partial charge >= 0.3 is 0 Å². The van der Waals surface area contributed by atoms with Gasteiger partial charge in [-0.15, -0.1) is 0 Å². The van der Waals surface area contributed by atoms with Gasteiger partial charge in [0.2, 0.25) is 0 Å². The van der Waals surface area contributed by atoms with Gasteiger partial charge in [0.25, 0.3) is 0 Å². The fourth-order valence-corrected chi connectivity index (χ4v) is 4.73. The molecule has 4 rings (SSSR count). The van der Waals surface area contributed by atoms with Crippen molar-refractivity contribution in [2.75, 3.05) is 34.4 Å². The van der Waals surface area contributed by atoms with Crippen LogP contribution in [0.1, 0.15) is 29.0 Å². The van der Waals surface area contributed by atoms with Crippen LogP contribution in [0.5, 0.6) is 11.5 Å². The highest BCUT2D eigenvalue weighted by molar-refractivity contribution is 5.90. The van der Waals surface area contributed by atoms with E-state index in [0.717, 1.165) is 29.7 Å². The van der Waals surface area contributed by atoms with Gasteiger partial charge in [0.05, 0.1) is 32.5 Å². The third-order valence-electron chi connectivity index (χ3n) is 6.41. The van der Waals surface area contributed by atoms with Crippen LogP contribution in [-0.2, 0) is 0 Å². The first-order valence-electron chi connectivity index (χ1n) is 10.5. The predicted octanol–water partition coefficient (Wildman–Crippen LogP) is 3.44. The second-order valence-corrected chi connectivity index (χ2v) is 8.14. The number of hydrogen-bond donors (Lipinski definition) is 1. The van der Waals surface area contributed by atoms with Gasteiger partial charge in [0.1, 0.15) is 28.2 Å². The Balaban J connectivity index is 2.05. The molecule has 0 saturated carbocycles. The molecular formula is C25H26N2O5. The summed E-state index contributed by atoms with van der Waals surface area (Å²) in [6, 6.07) is 10.4. The van der Waals surface area contributed by atoms with E-state index in [-0.39, 0.29) is 24.0 Å². The Labute approximate surface area is 186 Å². The molecule has 7 nitrogen and oxygen atoms in total. The number of methoxy groups -OCH3 is 2. The molecule has 166 valence electrons. The van der Waals surface area contributed by atoms with Crippen molar-refractivity contribution in [2.45, 2.75) is 25.3 Å². The zero-order valence-electron chi connectivity index (χ0n) is 18.6. The average Bonchev–Trinajstić information content (AvgIpc) is 3.17. The number of rotatable bonds is 5. The highest BCUT2D eigenvalue weighted by Gasteiger charge is 2.37. The molecule has 7 heteroatoms. The van der Waals surface area contributed by atoms with Crippen molar-refractivity contribution in [3.05, 3.63) is 57.2 Å². The van der Waals surface area contributed by atoms with Gasteiger partial charge in [-0.05, 0) is 50.7 Å². The average molecular weight is 434 g/mol. The maximum absolute atomic E-state index is 13.3. The summed E-state index contributed by atoms with van der Waals surface area (Å²) >= 11 is 0. The number of nitrogens with zero attached hydrogens (tertiary/aromatic N) is 2. The van der Waals surface area contributed by atoms with Gasteiger partial charge in [0.15, 0.2) is 5.43 Å². The second-order valence-electron chi connectivity index (χ2n) is 8.14. The van der Waals surface area contributed by atoms with Crippen LogP contribution in [-0.4, -0.2) is 50.5 Å². The summed E-state index contributed by atoms with van der Waals surface area (Å²) < 4.78 is 17.6. The predicted molar refractivity (Wildman–Crippen MR) is 121 cm³/mol. The molecule has 32 heavy (non-hydrogen) atoms. The van der Waals surface area contributed by atoms with Crippen molar-refractivity contribution in [1.29, 1.82) is 5.26 Å². The normalized spacial score (nSPS) is 18.6. The lowest BCUT2D eigenvalue weighted by Gasteiger charge is -2.25. The van der Waals surface area contributed by atoms with E-state index in [2.05, 4.69) is 11.0 Å². The lowest BCUT2D eigenvalue weighted by molar-refractivity contribution is 0.171. The van der Waals surface area contributed by atoms with Crippen molar-refractivity contribution in [3.8, 4) is 28.9 Å². The van der Waals surface area contributed by atoms with Crippen molar-refractivity contribution >= 4 is 11.0 Å². The van der Waals surface area contributed by atoms with E-state index in [4.69, 9.17) is 13.9 Å². The fourth-order valence-electron chi connectivity index (χ4n) is 4.73. The minimum Gasteiger partial charge on any atom is -0.496 e. The van der Waals surface area contributed by atoms with E-state index in [1.807, 2.05) is 14.0 Å². The van der Waals surface area contributed by atoms with Crippen molar-refractivity contribution in [2.24, 2.45) is 0 Å². The molecule has 1 saturated heterocycles. The molecule has 0 radical (unpaired) electrons. The van der Waals surface area contributed by atoms with E-state index in [9.17, 15) is 15.2 Å². The molecule has 2 unspecified atom stereocenters. The van der Waals surface area contributed by atoms with Gasteiger partial charge in [-0.2, -0.15) is 5.26 Å². The van der Waals surface area contributed by atoms with Crippen LogP contribution in [0.2, 0.25) is 0 Å². The number of aliphatic hydroxyl groups excluding tert-OH is 1. The number of likely N-dealkylation sites (tertiary alicyclic amines) is 1. The third kappa shape index (κ3) is 3.52. The lowest BCUT2D eigenvalue weighted by atomic mass is 9.89. The number of benzene rings is 2. The Morgan fingerprint density at radius 2 is 1.97 bits per heavy atom. The Hall–Kier alpha value is -3.34. The largest absolute Gasteiger partial charge is 0.496 e. The standard InChI is InChI=1S/C25H26N2O5/c1-14-9-15(12-26)5-6-16(14)20-10-19(29)24-22(31-4)11-21(30-3)23(25(24)32-20)17-7-8-27(2)18(17)13-28/h5-6,9-11,17-18,28H,7-8,13H2,1-4H3. The minimum absolute atomic E-state index is 0.0174. The van der Waals surface area contributed by atoms with E-state index in [1.165, 1.54) is 13.2 Å². The smallest absolute Gasteiger partial charge is 0.197 e. The van der Waals surface area contributed by atoms with Gasteiger partial charge in [-0.3, -0.25) is 4.79 Å². The Kier molecular flexibility index (Phi) is 5.92. The number of aryl methyl sites for hydroxylation is 1. The maximum atomic E-state index is 13.3. The number of nitriles is 1. The number of aliphatic hydroxyl groups is 1. The van der Waals surface area contributed by atoms with Gasteiger partial charge < -0.3 is 23.9 Å². The molecule has 2 heterocycles. The molecule has 0 amide bonds. The van der Waals surface area contributed by atoms with Crippen molar-refractivity contribution in [1.82, 2.24) is 4.90 Å². The summed E-state index contributed by atoms with van der Waals surface area (Å²) in [6.45, 7) is 2.67. The molecule has 2 aromatic carbocycles. The fraction of sp³-hybridized carbons (Fsp3) is 0.360. The number of fused-ring (bicyclic) bond motifs is 1. The first kappa shape index (κ1) is 21.9. The van der Waals surface area contributed by atoms with Crippen LogP contribution in [0, 0.1) is 18.3 Å². The van der Waals surface area contributed by atoms with Crippen LogP contribution in [0.25, 0.3) is 22.3 Å². The molecule has 2 atom stereocenters. The molecule has 1 fully saturated rings. The topological polar surface area (TPSA) is 95.9 Å². The van der Waals surface area contributed by atoms with Crippen molar-refractivity contribution < 1.29 is 19.0 Å². The Morgan fingerprint density at radius 1 is 1.22 bits per heavy atom. The molecule has 3 aromatic rings. The van der Waals surface area contributed by atoms with E-state index < -0.39 is 0 Å². The molecule has 1 aliphatic heterocycles. The summed E-state index contributed by atoms with van der Waals surface area (Å²) in [5.74, 6) is 1.27. The van der Waals surface area contributed by atoms with Crippen molar-refractivity contribution in [3.63, 3.8) is 0 Å². The molecule has 1 aromatic heterocycles. The summed E-state index contributed by atoms with van der Waals surface area (Å²) in [4.78, 5) is 15.4. The number of likely N-dealkylation sites (N-methyl/N-ethyl adjacent to an activating group) is 1. The van der Waals surface area contributed by atoms with Crippen LogP contribution >= 0.6 is 0 Å². The summed E-state index contributed by atoms with van der Waals surface area (Å²) in [6.07, 6.45) is 0.795. The molecule has 0 bridgehead atoms. The quantitative estimate of drug-likeness (QED) is 0.657. The van der Waals surface area contributed by atoms with Gasteiger partial charge in [0, 0.05) is 35.2 Å².